The third-order valence-electron chi connectivity index (χ3n) is 4.09. The molecule has 1 fully saturated rings. The van der Waals surface area contributed by atoms with E-state index in [-0.39, 0.29) is 12.6 Å². The number of nitrogens with zero attached hydrogens (tertiary/aromatic N) is 5. The minimum absolute atomic E-state index is 0.0918. The molecule has 7 heteroatoms. The summed E-state index contributed by atoms with van der Waals surface area (Å²) in [5, 5.41) is 13.0. The van der Waals surface area contributed by atoms with Crippen LogP contribution in [0.1, 0.15) is 18.9 Å². The second-order valence-electron chi connectivity index (χ2n) is 5.48. The average molecular weight is 303 g/mol. The van der Waals surface area contributed by atoms with Crippen LogP contribution in [-0.2, 0) is 0 Å². The summed E-state index contributed by atoms with van der Waals surface area (Å²) < 4.78 is 5.42. The molecule has 0 bridgehead atoms. The Hall–Kier alpha value is -1.83. The van der Waals surface area contributed by atoms with E-state index in [0.29, 0.717) is 11.7 Å². The molecule has 1 N–H and O–H groups in total. The van der Waals surface area contributed by atoms with Crippen LogP contribution in [0, 0.1) is 0 Å². The van der Waals surface area contributed by atoms with Gasteiger partial charge in [0, 0.05) is 50.7 Å². The number of rotatable bonds is 5. The van der Waals surface area contributed by atoms with E-state index in [1.54, 1.807) is 12.4 Å². The van der Waals surface area contributed by atoms with Crippen LogP contribution in [0.5, 0.6) is 0 Å². The van der Waals surface area contributed by atoms with Crippen LogP contribution in [0.3, 0.4) is 0 Å². The van der Waals surface area contributed by atoms with Gasteiger partial charge in [0.1, 0.15) is 0 Å². The summed E-state index contributed by atoms with van der Waals surface area (Å²) >= 11 is 0. The van der Waals surface area contributed by atoms with Crippen LogP contribution in [0.4, 0.5) is 0 Å². The fourth-order valence-electron chi connectivity index (χ4n) is 2.69. The molecule has 0 amide bonds. The molecule has 2 aromatic heterocycles. The van der Waals surface area contributed by atoms with Crippen LogP contribution in [0.25, 0.3) is 11.4 Å². The molecule has 1 saturated heterocycles. The minimum atomic E-state index is 0.0918. The Labute approximate surface area is 129 Å². The molecule has 0 aliphatic carbocycles. The lowest BCUT2D eigenvalue weighted by molar-refractivity contribution is 0.0776. The van der Waals surface area contributed by atoms with E-state index in [0.717, 1.165) is 38.3 Å². The predicted molar refractivity (Wildman–Crippen MR) is 81.0 cm³/mol. The maximum Gasteiger partial charge on any atom is 0.244 e. The van der Waals surface area contributed by atoms with Gasteiger partial charge in [0.05, 0.1) is 12.6 Å². The first-order valence-corrected chi connectivity index (χ1v) is 7.59. The molecule has 3 rings (SSSR count). The number of aliphatic hydroxyl groups excluding tert-OH is 1. The van der Waals surface area contributed by atoms with Crippen molar-refractivity contribution in [2.45, 2.75) is 13.0 Å². The Balaban J connectivity index is 1.64. The molecular formula is C15H21N5O2. The summed E-state index contributed by atoms with van der Waals surface area (Å²) in [6, 6.07) is 3.86. The van der Waals surface area contributed by atoms with E-state index in [2.05, 4.69) is 31.8 Å². The highest BCUT2D eigenvalue weighted by Gasteiger charge is 2.25. The summed E-state index contributed by atoms with van der Waals surface area (Å²) in [6.45, 7) is 6.82. The van der Waals surface area contributed by atoms with Gasteiger partial charge in [-0.3, -0.25) is 14.8 Å². The minimum Gasteiger partial charge on any atom is -0.395 e. The number of pyridine rings is 1. The Bertz CT molecular complexity index is 581. The third kappa shape index (κ3) is 3.32. The molecule has 0 spiro atoms. The zero-order valence-corrected chi connectivity index (χ0v) is 12.7. The Morgan fingerprint density at radius 1 is 1.32 bits per heavy atom. The van der Waals surface area contributed by atoms with Gasteiger partial charge in [-0.2, -0.15) is 4.98 Å². The van der Waals surface area contributed by atoms with E-state index in [1.807, 2.05) is 12.1 Å². The molecule has 1 aliphatic rings. The van der Waals surface area contributed by atoms with Crippen LogP contribution >= 0.6 is 0 Å². The molecule has 3 heterocycles. The summed E-state index contributed by atoms with van der Waals surface area (Å²) in [5.41, 5.74) is 0.859. The normalized spacial score (nSPS) is 18.5. The molecular weight excluding hydrogens is 282 g/mol. The molecule has 0 radical (unpaired) electrons. The average Bonchev–Trinajstić information content (AvgIpc) is 3.06. The maximum absolute atomic E-state index is 8.99. The monoisotopic (exact) mass is 303 g/mol. The lowest BCUT2D eigenvalue weighted by atomic mass is 10.2. The number of β-amino-alcohol motifs (C(OH)–C–C–N with tert-alkyl or cyclic N) is 1. The van der Waals surface area contributed by atoms with Gasteiger partial charge in [-0.05, 0) is 19.1 Å². The van der Waals surface area contributed by atoms with E-state index >= 15 is 0 Å². The molecule has 22 heavy (non-hydrogen) atoms. The number of hydrogen-bond acceptors (Lipinski definition) is 7. The zero-order chi connectivity index (χ0) is 15.4. The highest BCUT2D eigenvalue weighted by molar-refractivity contribution is 5.51. The van der Waals surface area contributed by atoms with Crippen molar-refractivity contribution >= 4 is 0 Å². The van der Waals surface area contributed by atoms with Gasteiger partial charge in [0.15, 0.2) is 0 Å². The van der Waals surface area contributed by atoms with E-state index in [9.17, 15) is 0 Å². The summed E-state index contributed by atoms with van der Waals surface area (Å²) in [4.78, 5) is 13.2. The molecule has 118 valence electrons. The van der Waals surface area contributed by atoms with Crippen molar-refractivity contribution < 1.29 is 9.63 Å². The number of piperazine rings is 1. The van der Waals surface area contributed by atoms with Crippen molar-refractivity contribution in [3.8, 4) is 11.4 Å². The Morgan fingerprint density at radius 2 is 2.14 bits per heavy atom. The fourth-order valence-corrected chi connectivity index (χ4v) is 2.69. The first-order chi connectivity index (χ1) is 10.8. The third-order valence-corrected chi connectivity index (χ3v) is 4.09. The summed E-state index contributed by atoms with van der Waals surface area (Å²) in [7, 11) is 0. The number of aliphatic hydroxyl groups is 1. The highest BCUT2D eigenvalue weighted by Crippen LogP contribution is 2.22. The molecule has 7 nitrogen and oxygen atoms in total. The van der Waals surface area contributed by atoms with Gasteiger partial charge in [0.25, 0.3) is 0 Å². The molecule has 1 unspecified atom stereocenters. The molecule has 1 aliphatic heterocycles. The summed E-state index contributed by atoms with van der Waals surface area (Å²) in [6.07, 6.45) is 3.45. The van der Waals surface area contributed by atoms with Gasteiger partial charge >= 0.3 is 0 Å². The molecule has 2 aromatic rings. The largest absolute Gasteiger partial charge is 0.395 e. The van der Waals surface area contributed by atoms with Gasteiger partial charge < -0.3 is 9.63 Å². The zero-order valence-electron chi connectivity index (χ0n) is 12.7. The smallest absolute Gasteiger partial charge is 0.244 e. The first kappa shape index (κ1) is 15.1. The van der Waals surface area contributed by atoms with Gasteiger partial charge in [-0.1, -0.05) is 5.16 Å². The lowest BCUT2D eigenvalue weighted by Gasteiger charge is -2.36. The van der Waals surface area contributed by atoms with Crippen molar-refractivity contribution in [2.24, 2.45) is 0 Å². The van der Waals surface area contributed by atoms with E-state index in [4.69, 9.17) is 9.63 Å². The van der Waals surface area contributed by atoms with Gasteiger partial charge in [0.2, 0.25) is 11.7 Å². The molecule has 1 atom stereocenters. The predicted octanol–water partition coefficient (Wildman–Crippen LogP) is 0.802. The highest BCUT2D eigenvalue weighted by atomic mass is 16.5. The molecule has 0 saturated carbocycles. The van der Waals surface area contributed by atoms with Gasteiger partial charge in [-0.25, -0.2) is 0 Å². The van der Waals surface area contributed by atoms with Gasteiger partial charge in [-0.15, -0.1) is 0 Å². The van der Waals surface area contributed by atoms with Crippen LogP contribution in [0.15, 0.2) is 29.0 Å². The lowest BCUT2D eigenvalue weighted by Crippen LogP contribution is -2.47. The number of hydrogen-bond donors (Lipinski definition) is 1. The number of aromatic nitrogens is 3. The van der Waals surface area contributed by atoms with Crippen molar-refractivity contribution in [3.05, 3.63) is 30.4 Å². The Kier molecular flexibility index (Phi) is 4.77. The van der Waals surface area contributed by atoms with Crippen LogP contribution < -0.4 is 0 Å². The quantitative estimate of drug-likeness (QED) is 0.875. The van der Waals surface area contributed by atoms with Crippen LogP contribution in [0.2, 0.25) is 0 Å². The fraction of sp³-hybridized carbons (Fsp3) is 0.533. The summed E-state index contributed by atoms with van der Waals surface area (Å²) in [5.74, 6) is 1.21. The van der Waals surface area contributed by atoms with Crippen LogP contribution in [-0.4, -0.2) is 69.4 Å². The Morgan fingerprint density at radius 3 is 2.82 bits per heavy atom. The van der Waals surface area contributed by atoms with Crippen molar-refractivity contribution in [2.75, 3.05) is 39.3 Å². The second-order valence-corrected chi connectivity index (χ2v) is 5.48. The second kappa shape index (κ2) is 6.95. The van der Waals surface area contributed by atoms with Crippen molar-refractivity contribution in [1.29, 1.82) is 0 Å². The SMILES string of the molecule is CC(c1nc(-c2cccnc2)no1)N1CCN(CCO)CC1. The standard InChI is InChI=1S/C15H21N5O2/c1-12(20-7-5-19(6-8-20)9-10-21)15-17-14(18-22-15)13-3-2-4-16-11-13/h2-4,11-12,21H,5-10H2,1H3. The van der Waals surface area contributed by atoms with E-state index in [1.165, 1.54) is 0 Å². The molecule has 0 aromatic carbocycles. The topological polar surface area (TPSA) is 78.5 Å². The van der Waals surface area contributed by atoms with E-state index < -0.39 is 0 Å². The van der Waals surface area contributed by atoms with Crippen molar-refractivity contribution in [3.63, 3.8) is 0 Å². The van der Waals surface area contributed by atoms with Crippen molar-refractivity contribution in [1.82, 2.24) is 24.9 Å². The maximum atomic E-state index is 8.99. The first-order valence-electron chi connectivity index (χ1n) is 7.59.